The van der Waals surface area contributed by atoms with E-state index in [1.54, 1.807) is 59.7 Å². The summed E-state index contributed by atoms with van der Waals surface area (Å²) in [6.07, 6.45) is 1.59. The van der Waals surface area contributed by atoms with Gasteiger partial charge in [-0.2, -0.15) is 0 Å². The van der Waals surface area contributed by atoms with Crippen molar-refractivity contribution >= 4 is 28.3 Å². The Morgan fingerprint density at radius 2 is 1.64 bits per heavy atom. The molecule has 0 spiro atoms. The molecule has 0 bridgehead atoms. The Hall–Kier alpha value is -2.47. The number of nitrogens with one attached hydrogen (secondary N) is 1. The van der Waals surface area contributed by atoms with E-state index in [9.17, 15) is 13.8 Å². The van der Waals surface area contributed by atoms with Gasteiger partial charge in [-0.3, -0.25) is 13.8 Å². The van der Waals surface area contributed by atoms with E-state index in [0.29, 0.717) is 34.8 Å². The number of hydrogen-bond acceptors (Lipinski definition) is 3. The van der Waals surface area contributed by atoms with E-state index in [4.69, 9.17) is 0 Å². The second-order valence-corrected chi connectivity index (χ2v) is 6.87. The van der Waals surface area contributed by atoms with Crippen LogP contribution >= 0.6 is 0 Å². The average molecular weight is 358 g/mol. The van der Waals surface area contributed by atoms with E-state index >= 15 is 0 Å². The van der Waals surface area contributed by atoms with E-state index in [-0.39, 0.29) is 11.8 Å². The van der Waals surface area contributed by atoms with Gasteiger partial charge in [0, 0.05) is 51.9 Å². The maximum atomic E-state index is 12.4. The zero-order valence-electron chi connectivity index (χ0n) is 14.6. The molecule has 5 nitrogen and oxygen atoms in total. The molecule has 0 saturated heterocycles. The molecule has 2 amide bonds. The first-order valence-corrected chi connectivity index (χ1v) is 9.66. The summed E-state index contributed by atoms with van der Waals surface area (Å²) in [5.41, 5.74) is 1.57. The Kier molecular flexibility index (Phi) is 6.47. The van der Waals surface area contributed by atoms with E-state index in [0.717, 1.165) is 0 Å². The summed E-state index contributed by atoms with van der Waals surface area (Å²) in [6, 6.07) is 13.5. The number of hydrogen-bond donors (Lipinski definition) is 1. The van der Waals surface area contributed by atoms with Crippen LogP contribution in [0, 0.1) is 0 Å². The van der Waals surface area contributed by atoms with Crippen molar-refractivity contribution in [1.82, 2.24) is 4.90 Å². The Morgan fingerprint density at radius 1 is 1.00 bits per heavy atom. The summed E-state index contributed by atoms with van der Waals surface area (Å²) >= 11 is 0. The van der Waals surface area contributed by atoms with E-state index < -0.39 is 10.8 Å². The predicted octanol–water partition coefficient (Wildman–Crippen LogP) is 3.16. The lowest BCUT2D eigenvalue weighted by atomic mass is 10.1. The van der Waals surface area contributed by atoms with Crippen LogP contribution in [0.5, 0.6) is 0 Å². The van der Waals surface area contributed by atoms with Crippen molar-refractivity contribution in [2.75, 3.05) is 24.7 Å². The zero-order valence-corrected chi connectivity index (χ0v) is 15.4. The van der Waals surface area contributed by atoms with Crippen LogP contribution < -0.4 is 5.32 Å². The van der Waals surface area contributed by atoms with Gasteiger partial charge in [0.15, 0.2) is 0 Å². The van der Waals surface area contributed by atoms with Crippen LogP contribution in [0.1, 0.15) is 34.6 Å². The predicted molar refractivity (Wildman–Crippen MR) is 100 cm³/mol. The van der Waals surface area contributed by atoms with Crippen LogP contribution in [0.25, 0.3) is 0 Å². The molecule has 0 aliphatic carbocycles. The number of benzene rings is 2. The molecule has 1 N–H and O–H groups in total. The van der Waals surface area contributed by atoms with Gasteiger partial charge in [-0.05, 0) is 56.3 Å². The van der Waals surface area contributed by atoms with Gasteiger partial charge in [-0.1, -0.05) is 6.07 Å². The standard InChI is InChI=1S/C19H22N2O3S/c1-4-21(5-2)19(23)15-7-6-8-16(13-15)20-18(22)14-9-11-17(12-10-14)25(3)24/h6-13H,4-5H2,1-3H3,(H,20,22). The Labute approximate surface area is 150 Å². The van der Waals surface area contributed by atoms with Crippen molar-refractivity contribution in [2.45, 2.75) is 18.7 Å². The average Bonchev–Trinajstić information content (AvgIpc) is 2.63. The molecule has 132 valence electrons. The van der Waals surface area contributed by atoms with Gasteiger partial charge in [0.2, 0.25) is 0 Å². The van der Waals surface area contributed by atoms with Crippen molar-refractivity contribution in [2.24, 2.45) is 0 Å². The maximum absolute atomic E-state index is 12.4. The molecule has 0 aromatic heterocycles. The van der Waals surface area contributed by atoms with Crippen molar-refractivity contribution in [1.29, 1.82) is 0 Å². The van der Waals surface area contributed by atoms with E-state index in [1.807, 2.05) is 13.8 Å². The Morgan fingerprint density at radius 3 is 2.20 bits per heavy atom. The summed E-state index contributed by atoms with van der Waals surface area (Å²) in [6.45, 7) is 5.13. The minimum atomic E-state index is -1.08. The molecule has 0 fully saturated rings. The van der Waals surface area contributed by atoms with Crippen LogP contribution in [0.2, 0.25) is 0 Å². The first-order valence-electron chi connectivity index (χ1n) is 8.10. The fourth-order valence-corrected chi connectivity index (χ4v) is 2.94. The highest BCUT2D eigenvalue weighted by Gasteiger charge is 2.13. The van der Waals surface area contributed by atoms with Crippen molar-refractivity contribution in [3.05, 3.63) is 59.7 Å². The highest BCUT2D eigenvalue weighted by Crippen LogP contribution is 2.15. The number of anilines is 1. The molecule has 0 aliphatic heterocycles. The molecular weight excluding hydrogens is 336 g/mol. The van der Waals surface area contributed by atoms with E-state index in [1.165, 1.54) is 0 Å². The largest absolute Gasteiger partial charge is 0.339 e. The molecule has 2 rings (SSSR count). The minimum absolute atomic E-state index is 0.0594. The van der Waals surface area contributed by atoms with Crippen LogP contribution in [0.3, 0.4) is 0 Å². The van der Waals surface area contributed by atoms with Gasteiger partial charge in [-0.25, -0.2) is 0 Å². The second-order valence-electron chi connectivity index (χ2n) is 5.49. The third-order valence-corrected chi connectivity index (χ3v) is 4.80. The van der Waals surface area contributed by atoms with Gasteiger partial charge >= 0.3 is 0 Å². The number of amides is 2. The summed E-state index contributed by atoms with van der Waals surface area (Å²) in [5, 5.41) is 2.79. The smallest absolute Gasteiger partial charge is 0.255 e. The molecule has 1 unspecified atom stereocenters. The summed E-state index contributed by atoms with van der Waals surface area (Å²) < 4.78 is 11.4. The Balaban J connectivity index is 2.14. The third kappa shape index (κ3) is 4.76. The molecule has 1 atom stereocenters. The molecule has 2 aromatic rings. The monoisotopic (exact) mass is 358 g/mol. The molecule has 6 heteroatoms. The zero-order chi connectivity index (χ0) is 18.4. The quantitative estimate of drug-likeness (QED) is 0.862. The topological polar surface area (TPSA) is 66.5 Å². The van der Waals surface area contributed by atoms with Gasteiger partial charge in [-0.15, -0.1) is 0 Å². The Bertz CT molecular complexity index is 784. The van der Waals surface area contributed by atoms with Gasteiger partial charge in [0.1, 0.15) is 0 Å². The summed E-state index contributed by atoms with van der Waals surface area (Å²) in [4.78, 5) is 27.1. The van der Waals surface area contributed by atoms with Crippen molar-refractivity contribution < 1.29 is 13.8 Å². The number of carbonyl (C=O) groups excluding carboxylic acids is 2. The maximum Gasteiger partial charge on any atom is 0.255 e. The number of rotatable bonds is 6. The molecular formula is C19H22N2O3S. The lowest BCUT2D eigenvalue weighted by Gasteiger charge is -2.19. The molecule has 0 radical (unpaired) electrons. The first-order chi connectivity index (χ1) is 12.0. The molecule has 0 heterocycles. The highest BCUT2D eigenvalue weighted by molar-refractivity contribution is 7.84. The normalized spacial score (nSPS) is 11.6. The fourth-order valence-electron chi connectivity index (χ4n) is 2.42. The van der Waals surface area contributed by atoms with Gasteiger partial charge in [0.25, 0.3) is 11.8 Å². The summed E-state index contributed by atoms with van der Waals surface area (Å²) in [5.74, 6) is -0.336. The van der Waals surface area contributed by atoms with Crippen LogP contribution in [0.4, 0.5) is 5.69 Å². The first kappa shape index (κ1) is 18.9. The third-order valence-electron chi connectivity index (χ3n) is 3.87. The molecule has 0 aliphatic rings. The molecule has 25 heavy (non-hydrogen) atoms. The molecule has 2 aromatic carbocycles. The fraction of sp³-hybridized carbons (Fsp3) is 0.263. The number of nitrogens with zero attached hydrogens (tertiary/aromatic N) is 1. The minimum Gasteiger partial charge on any atom is -0.339 e. The van der Waals surface area contributed by atoms with Gasteiger partial charge in [0.05, 0.1) is 0 Å². The lowest BCUT2D eigenvalue weighted by molar-refractivity contribution is 0.0772. The van der Waals surface area contributed by atoms with Crippen molar-refractivity contribution in [3.63, 3.8) is 0 Å². The second kappa shape index (κ2) is 8.58. The number of carbonyl (C=O) groups is 2. The summed E-state index contributed by atoms with van der Waals surface area (Å²) in [7, 11) is -1.08. The van der Waals surface area contributed by atoms with Crippen LogP contribution in [0.15, 0.2) is 53.4 Å². The van der Waals surface area contributed by atoms with Crippen LogP contribution in [-0.2, 0) is 10.8 Å². The SMILES string of the molecule is CCN(CC)C(=O)c1cccc(NC(=O)c2ccc(S(C)=O)cc2)c1. The van der Waals surface area contributed by atoms with Gasteiger partial charge < -0.3 is 10.2 Å². The lowest BCUT2D eigenvalue weighted by Crippen LogP contribution is -2.30. The van der Waals surface area contributed by atoms with Crippen molar-refractivity contribution in [3.8, 4) is 0 Å². The molecule has 0 saturated carbocycles. The highest BCUT2D eigenvalue weighted by atomic mass is 32.2. The van der Waals surface area contributed by atoms with E-state index in [2.05, 4.69) is 5.32 Å². The van der Waals surface area contributed by atoms with Crippen LogP contribution in [-0.4, -0.2) is 40.3 Å².